The van der Waals surface area contributed by atoms with Gasteiger partial charge in [-0.3, -0.25) is 4.79 Å². The van der Waals surface area contributed by atoms with Gasteiger partial charge in [0, 0.05) is 12.6 Å². The predicted molar refractivity (Wildman–Crippen MR) is 71.9 cm³/mol. The molecule has 18 heavy (non-hydrogen) atoms. The van der Waals surface area contributed by atoms with Crippen LogP contribution >= 0.6 is 0 Å². The number of rotatable bonds is 4. The van der Waals surface area contributed by atoms with E-state index in [-0.39, 0.29) is 18.6 Å². The number of amides is 1. The lowest BCUT2D eigenvalue weighted by molar-refractivity contribution is -0.121. The Morgan fingerprint density at radius 3 is 2.89 bits per heavy atom. The Hall–Kier alpha value is -1.55. The first kappa shape index (κ1) is 12.9. The van der Waals surface area contributed by atoms with Crippen LogP contribution in [-0.4, -0.2) is 25.1 Å². The lowest BCUT2D eigenvalue weighted by atomic mass is 10.1. The van der Waals surface area contributed by atoms with Crippen molar-refractivity contribution in [3.63, 3.8) is 0 Å². The Balaban J connectivity index is 2.32. The van der Waals surface area contributed by atoms with Gasteiger partial charge in [-0.15, -0.1) is 0 Å². The summed E-state index contributed by atoms with van der Waals surface area (Å²) in [5.41, 5.74) is 8.01. The second kappa shape index (κ2) is 5.40. The van der Waals surface area contributed by atoms with Crippen molar-refractivity contribution in [2.45, 2.75) is 32.7 Å². The molecule has 1 heterocycles. The molecule has 2 rings (SSSR count). The summed E-state index contributed by atoms with van der Waals surface area (Å²) in [6, 6.07) is 6.00. The highest BCUT2D eigenvalue weighted by atomic mass is 16.5. The monoisotopic (exact) mass is 248 g/mol. The number of benzene rings is 1. The molecule has 1 amide bonds. The number of fused-ring (bicyclic) bond motifs is 1. The minimum absolute atomic E-state index is 0.00480. The second-order valence-electron chi connectivity index (χ2n) is 4.62. The number of aryl methyl sites for hydroxylation is 1. The van der Waals surface area contributed by atoms with E-state index in [0.29, 0.717) is 6.54 Å². The van der Waals surface area contributed by atoms with Crippen molar-refractivity contribution >= 4 is 11.6 Å². The van der Waals surface area contributed by atoms with Gasteiger partial charge in [-0.1, -0.05) is 19.9 Å². The summed E-state index contributed by atoms with van der Waals surface area (Å²) >= 11 is 0. The Kier molecular flexibility index (Phi) is 3.87. The lowest BCUT2D eigenvalue weighted by Crippen LogP contribution is -2.45. The summed E-state index contributed by atoms with van der Waals surface area (Å²) in [5.74, 6) is 0.759. The summed E-state index contributed by atoms with van der Waals surface area (Å²) in [5, 5.41) is 0. The number of hydrogen-bond acceptors (Lipinski definition) is 3. The van der Waals surface area contributed by atoms with E-state index in [2.05, 4.69) is 6.92 Å². The van der Waals surface area contributed by atoms with Gasteiger partial charge in [-0.05, 0) is 30.5 Å². The summed E-state index contributed by atoms with van der Waals surface area (Å²) < 4.78 is 5.45. The molecule has 98 valence electrons. The second-order valence-corrected chi connectivity index (χ2v) is 4.62. The van der Waals surface area contributed by atoms with Crippen LogP contribution in [0.15, 0.2) is 18.2 Å². The molecule has 0 aliphatic carbocycles. The van der Waals surface area contributed by atoms with Crippen LogP contribution in [0.2, 0.25) is 0 Å². The van der Waals surface area contributed by atoms with E-state index in [0.717, 1.165) is 24.3 Å². The van der Waals surface area contributed by atoms with Crippen molar-refractivity contribution < 1.29 is 9.53 Å². The fourth-order valence-corrected chi connectivity index (χ4v) is 2.03. The first-order chi connectivity index (χ1) is 8.65. The molecular formula is C14H20N2O2. The lowest BCUT2D eigenvalue weighted by Gasteiger charge is -2.31. The molecule has 1 unspecified atom stereocenters. The number of nitrogens with zero attached hydrogens (tertiary/aromatic N) is 1. The number of nitrogens with two attached hydrogens (primary N) is 1. The zero-order valence-electron chi connectivity index (χ0n) is 11.0. The minimum atomic E-state index is -0.0142. The van der Waals surface area contributed by atoms with Crippen LogP contribution in [-0.2, 0) is 11.2 Å². The van der Waals surface area contributed by atoms with Crippen LogP contribution in [0.3, 0.4) is 0 Å². The third-order valence-electron chi connectivity index (χ3n) is 3.32. The van der Waals surface area contributed by atoms with Crippen LogP contribution < -0.4 is 15.4 Å². The number of carbonyl (C=O) groups excluding carboxylic acids is 1. The maximum absolute atomic E-state index is 12.0. The molecule has 0 saturated carbocycles. The maximum atomic E-state index is 12.0. The van der Waals surface area contributed by atoms with E-state index in [1.165, 1.54) is 5.56 Å². The Bertz CT molecular complexity index is 445. The van der Waals surface area contributed by atoms with Crippen LogP contribution in [0.25, 0.3) is 0 Å². The van der Waals surface area contributed by atoms with Crippen molar-refractivity contribution in [1.82, 2.24) is 0 Å². The van der Waals surface area contributed by atoms with E-state index >= 15 is 0 Å². The molecule has 0 fully saturated rings. The third kappa shape index (κ3) is 2.48. The van der Waals surface area contributed by atoms with E-state index in [4.69, 9.17) is 10.5 Å². The van der Waals surface area contributed by atoms with Crippen LogP contribution in [0, 0.1) is 0 Å². The number of ether oxygens (including phenoxy) is 1. The van der Waals surface area contributed by atoms with Crippen molar-refractivity contribution in [3.8, 4) is 5.75 Å². The summed E-state index contributed by atoms with van der Waals surface area (Å²) in [6.07, 6.45) is 1.79. The molecule has 1 aliphatic rings. The average molecular weight is 248 g/mol. The van der Waals surface area contributed by atoms with Crippen LogP contribution in [0.4, 0.5) is 5.69 Å². The van der Waals surface area contributed by atoms with Crippen LogP contribution in [0.5, 0.6) is 5.75 Å². The van der Waals surface area contributed by atoms with Gasteiger partial charge in [0.05, 0.1) is 5.69 Å². The number of hydrogen-bond donors (Lipinski definition) is 1. The molecule has 0 aromatic heterocycles. The fraction of sp³-hybridized carbons (Fsp3) is 0.500. The first-order valence-corrected chi connectivity index (χ1v) is 6.47. The van der Waals surface area contributed by atoms with Crippen molar-refractivity contribution in [3.05, 3.63) is 23.8 Å². The smallest absolute Gasteiger partial charge is 0.265 e. The topological polar surface area (TPSA) is 55.6 Å². The van der Waals surface area contributed by atoms with Crippen LogP contribution in [0.1, 0.15) is 25.8 Å². The Labute approximate surface area is 108 Å². The average Bonchev–Trinajstić information content (AvgIpc) is 2.41. The zero-order valence-corrected chi connectivity index (χ0v) is 11.0. The van der Waals surface area contributed by atoms with Gasteiger partial charge >= 0.3 is 0 Å². The Morgan fingerprint density at radius 2 is 2.22 bits per heavy atom. The number of anilines is 1. The fourth-order valence-electron chi connectivity index (χ4n) is 2.03. The highest BCUT2D eigenvalue weighted by Crippen LogP contribution is 2.33. The van der Waals surface area contributed by atoms with Gasteiger partial charge in [0.2, 0.25) is 0 Å². The van der Waals surface area contributed by atoms with Gasteiger partial charge in [-0.2, -0.15) is 0 Å². The normalized spacial score (nSPS) is 16.2. The van der Waals surface area contributed by atoms with Gasteiger partial charge in [0.25, 0.3) is 5.91 Å². The molecule has 1 aromatic carbocycles. The van der Waals surface area contributed by atoms with Gasteiger partial charge < -0.3 is 15.4 Å². The van der Waals surface area contributed by atoms with Gasteiger partial charge in [0.15, 0.2) is 6.61 Å². The molecule has 0 spiro atoms. The summed E-state index contributed by atoms with van der Waals surface area (Å²) in [7, 11) is 0. The van der Waals surface area contributed by atoms with Gasteiger partial charge in [-0.25, -0.2) is 0 Å². The molecule has 1 aliphatic heterocycles. The largest absolute Gasteiger partial charge is 0.482 e. The summed E-state index contributed by atoms with van der Waals surface area (Å²) in [4.78, 5) is 13.7. The molecule has 0 bridgehead atoms. The van der Waals surface area contributed by atoms with Crippen molar-refractivity contribution in [2.75, 3.05) is 18.1 Å². The standard InChI is InChI=1S/C14H20N2O2/c1-3-10-5-6-13-12(7-10)16(8-11(15)4-2)14(17)9-18-13/h5-7,11H,3-4,8-9,15H2,1-2H3. The molecule has 1 aromatic rings. The van der Waals surface area contributed by atoms with Crippen molar-refractivity contribution in [2.24, 2.45) is 5.73 Å². The zero-order chi connectivity index (χ0) is 13.1. The predicted octanol–water partition coefficient (Wildman–Crippen LogP) is 1.71. The molecule has 0 radical (unpaired) electrons. The minimum Gasteiger partial charge on any atom is -0.482 e. The third-order valence-corrected chi connectivity index (χ3v) is 3.32. The highest BCUT2D eigenvalue weighted by molar-refractivity contribution is 5.98. The molecule has 2 N–H and O–H groups in total. The van der Waals surface area contributed by atoms with E-state index in [9.17, 15) is 4.79 Å². The highest BCUT2D eigenvalue weighted by Gasteiger charge is 2.26. The molecular weight excluding hydrogens is 228 g/mol. The van der Waals surface area contributed by atoms with Gasteiger partial charge in [0.1, 0.15) is 5.75 Å². The molecule has 0 saturated heterocycles. The molecule has 1 atom stereocenters. The van der Waals surface area contributed by atoms with Crippen molar-refractivity contribution in [1.29, 1.82) is 0 Å². The quantitative estimate of drug-likeness (QED) is 0.882. The van der Waals surface area contributed by atoms with E-state index in [1.54, 1.807) is 4.90 Å². The molecule has 4 heteroatoms. The molecule has 4 nitrogen and oxygen atoms in total. The van der Waals surface area contributed by atoms with E-state index in [1.807, 2.05) is 25.1 Å². The Morgan fingerprint density at radius 1 is 1.44 bits per heavy atom. The van der Waals surface area contributed by atoms with E-state index < -0.39 is 0 Å². The summed E-state index contributed by atoms with van der Waals surface area (Å²) in [6.45, 7) is 4.78. The SMILES string of the molecule is CCc1ccc2c(c1)N(CC(N)CC)C(=O)CO2. The maximum Gasteiger partial charge on any atom is 0.265 e. The first-order valence-electron chi connectivity index (χ1n) is 6.47. The number of carbonyl (C=O) groups is 1.